The highest BCUT2D eigenvalue weighted by molar-refractivity contribution is 5.67. The Balaban J connectivity index is 3.22. The van der Waals surface area contributed by atoms with Gasteiger partial charge in [0.25, 0.3) is 0 Å². The topological polar surface area (TPSA) is 56.8 Å². The average Bonchev–Trinajstić information content (AvgIpc) is 2.75. The minimum absolute atomic E-state index is 0.243. The molecule has 0 aromatic rings. The molecule has 5 nitrogen and oxygen atoms in total. The summed E-state index contributed by atoms with van der Waals surface area (Å²) < 4.78 is 15.9. The molecule has 0 aliphatic heterocycles. The zero-order chi connectivity index (χ0) is 22.8. The van der Waals surface area contributed by atoms with Crippen molar-refractivity contribution in [2.75, 3.05) is 33.0 Å². The summed E-state index contributed by atoms with van der Waals surface area (Å²) in [5.41, 5.74) is 0. The lowest BCUT2D eigenvalue weighted by Crippen LogP contribution is -2.30. The minimum atomic E-state index is -0.345. The molecule has 1 unspecified atom stereocenters. The standard InChI is InChI=1S/C26H53NO4/c1-4-6-7-8-9-10-11-12-13-14-15-16-17-18-19-20-21-27-26(28)31-25(3)24-30-23-22-29-5-2/h25H,4-24H2,1-3H3,(H,27,28). The lowest BCUT2D eigenvalue weighted by atomic mass is 10.0. The summed E-state index contributed by atoms with van der Waals surface area (Å²) in [5.74, 6) is 0. The molecule has 186 valence electrons. The maximum Gasteiger partial charge on any atom is 0.407 e. The Kier molecular flexibility index (Phi) is 24.8. The van der Waals surface area contributed by atoms with Crippen LogP contribution in [0.1, 0.15) is 124 Å². The second-order valence-corrected chi connectivity index (χ2v) is 8.72. The van der Waals surface area contributed by atoms with Crippen LogP contribution >= 0.6 is 0 Å². The molecule has 0 aromatic carbocycles. The Bertz CT molecular complexity index is 365. The lowest BCUT2D eigenvalue weighted by molar-refractivity contribution is 0.00360. The molecule has 1 amide bonds. The first-order valence-corrected chi connectivity index (χ1v) is 13.3. The van der Waals surface area contributed by atoms with Crippen LogP contribution in [0.15, 0.2) is 0 Å². The number of carbonyl (C=O) groups excluding carboxylic acids is 1. The third-order valence-electron chi connectivity index (χ3n) is 5.54. The number of nitrogens with one attached hydrogen (secondary N) is 1. The van der Waals surface area contributed by atoms with Gasteiger partial charge >= 0.3 is 6.09 Å². The van der Waals surface area contributed by atoms with E-state index in [1.165, 1.54) is 96.3 Å². The number of alkyl carbamates (subject to hydrolysis) is 1. The Morgan fingerprint density at radius 2 is 1.13 bits per heavy atom. The van der Waals surface area contributed by atoms with E-state index in [4.69, 9.17) is 14.2 Å². The zero-order valence-electron chi connectivity index (χ0n) is 21.1. The Labute approximate surface area is 193 Å². The van der Waals surface area contributed by atoms with E-state index in [1.807, 2.05) is 13.8 Å². The molecule has 0 saturated heterocycles. The molecule has 1 atom stereocenters. The van der Waals surface area contributed by atoms with Crippen LogP contribution in [0, 0.1) is 0 Å². The van der Waals surface area contributed by atoms with Gasteiger partial charge in [-0.3, -0.25) is 0 Å². The van der Waals surface area contributed by atoms with Gasteiger partial charge in [-0.05, 0) is 20.3 Å². The van der Waals surface area contributed by atoms with E-state index in [0.717, 1.165) is 6.42 Å². The van der Waals surface area contributed by atoms with Crippen molar-refractivity contribution in [1.29, 1.82) is 0 Å². The predicted molar refractivity (Wildman–Crippen MR) is 131 cm³/mol. The fourth-order valence-electron chi connectivity index (χ4n) is 3.63. The number of amides is 1. The van der Waals surface area contributed by atoms with Crippen molar-refractivity contribution in [3.05, 3.63) is 0 Å². The molecule has 5 heteroatoms. The van der Waals surface area contributed by atoms with Crippen LogP contribution in [0.2, 0.25) is 0 Å². The number of unbranched alkanes of at least 4 members (excludes halogenated alkanes) is 15. The van der Waals surface area contributed by atoms with E-state index >= 15 is 0 Å². The van der Waals surface area contributed by atoms with Gasteiger partial charge in [-0.25, -0.2) is 4.79 Å². The number of hydrogen-bond donors (Lipinski definition) is 1. The summed E-state index contributed by atoms with van der Waals surface area (Å²) in [6.45, 7) is 8.97. The Morgan fingerprint density at radius 3 is 1.61 bits per heavy atom. The average molecular weight is 444 g/mol. The van der Waals surface area contributed by atoms with E-state index < -0.39 is 0 Å². The molecule has 1 N–H and O–H groups in total. The van der Waals surface area contributed by atoms with Crippen LogP contribution in [0.5, 0.6) is 0 Å². The molecule has 0 radical (unpaired) electrons. The first-order chi connectivity index (χ1) is 15.2. The van der Waals surface area contributed by atoms with Gasteiger partial charge < -0.3 is 19.5 Å². The fraction of sp³-hybridized carbons (Fsp3) is 0.962. The Hall–Kier alpha value is -0.810. The van der Waals surface area contributed by atoms with E-state index in [9.17, 15) is 4.79 Å². The van der Waals surface area contributed by atoms with Crippen molar-refractivity contribution in [3.63, 3.8) is 0 Å². The van der Waals surface area contributed by atoms with Gasteiger partial charge in [0.05, 0.1) is 19.8 Å². The highest BCUT2D eigenvalue weighted by atomic mass is 16.6. The maximum absolute atomic E-state index is 11.7. The van der Waals surface area contributed by atoms with Crippen LogP contribution in [0.25, 0.3) is 0 Å². The summed E-state index contributed by atoms with van der Waals surface area (Å²) in [6, 6.07) is 0. The normalized spacial score (nSPS) is 12.1. The van der Waals surface area contributed by atoms with Crippen LogP contribution < -0.4 is 5.32 Å². The van der Waals surface area contributed by atoms with Crippen molar-refractivity contribution in [1.82, 2.24) is 5.32 Å². The van der Waals surface area contributed by atoms with Gasteiger partial charge in [0, 0.05) is 13.2 Å². The molecular weight excluding hydrogens is 390 g/mol. The van der Waals surface area contributed by atoms with Crippen LogP contribution in [-0.2, 0) is 14.2 Å². The van der Waals surface area contributed by atoms with Crippen molar-refractivity contribution < 1.29 is 19.0 Å². The van der Waals surface area contributed by atoms with E-state index in [-0.39, 0.29) is 12.2 Å². The summed E-state index contributed by atoms with van der Waals surface area (Å²) in [7, 11) is 0. The fourth-order valence-corrected chi connectivity index (χ4v) is 3.63. The highest BCUT2D eigenvalue weighted by Gasteiger charge is 2.08. The summed E-state index contributed by atoms with van der Waals surface area (Å²) in [5, 5.41) is 2.83. The number of ether oxygens (including phenoxy) is 3. The molecule has 0 rings (SSSR count). The second kappa shape index (κ2) is 25.5. The predicted octanol–water partition coefficient (Wildman–Crippen LogP) is 7.42. The molecule has 0 bridgehead atoms. The van der Waals surface area contributed by atoms with Gasteiger partial charge in [0.15, 0.2) is 0 Å². The van der Waals surface area contributed by atoms with Crippen molar-refractivity contribution >= 4 is 6.09 Å². The second-order valence-electron chi connectivity index (χ2n) is 8.72. The molecule has 0 spiro atoms. The zero-order valence-corrected chi connectivity index (χ0v) is 21.1. The number of hydrogen-bond acceptors (Lipinski definition) is 4. The number of rotatable bonds is 24. The van der Waals surface area contributed by atoms with E-state index in [1.54, 1.807) is 0 Å². The molecule has 0 aliphatic carbocycles. The summed E-state index contributed by atoms with van der Waals surface area (Å²) in [4.78, 5) is 11.7. The first kappa shape index (κ1) is 30.2. The minimum Gasteiger partial charge on any atom is -0.444 e. The molecular formula is C26H53NO4. The van der Waals surface area contributed by atoms with Gasteiger partial charge in [0.1, 0.15) is 6.10 Å². The quantitative estimate of drug-likeness (QED) is 0.158. The van der Waals surface area contributed by atoms with Crippen LogP contribution in [-0.4, -0.2) is 45.2 Å². The first-order valence-electron chi connectivity index (χ1n) is 13.3. The summed E-state index contributed by atoms with van der Waals surface area (Å²) in [6.07, 6.45) is 21.1. The van der Waals surface area contributed by atoms with Gasteiger partial charge in [-0.1, -0.05) is 103 Å². The lowest BCUT2D eigenvalue weighted by Gasteiger charge is -2.14. The monoisotopic (exact) mass is 443 g/mol. The molecule has 0 heterocycles. The van der Waals surface area contributed by atoms with Gasteiger partial charge in [-0.15, -0.1) is 0 Å². The van der Waals surface area contributed by atoms with Crippen LogP contribution in [0.3, 0.4) is 0 Å². The SMILES string of the molecule is CCCCCCCCCCCCCCCCCCNC(=O)OC(C)COCCOCC. The Morgan fingerprint density at radius 1 is 0.677 bits per heavy atom. The van der Waals surface area contributed by atoms with Crippen LogP contribution in [0.4, 0.5) is 4.79 Å². The molecule has 0 saturated carbocycles. The highest BCUT2D eigenvalue weighted by Crippen LogP contribution is 2.13. The van der Waals surface area contributed by atoms with E-state index in [0.29, 0.717) is 33.0 Å². The largest absolute Gasteiger partial charge is 0.444 e. The van der Waals surface area contributed by atoms with Crippen molar-refractivity contribution in [3.8, 4) is 0 Å². The van der Waals surface area contributed by atoms with Gasteiger partial charge in [-0.2, -0.15) is 0 Å². The van der Waals surface area contributed by atoms with Gasteiger partial charge in [0.2, 0.25) is 0 Å². The molecule has 0 aliphatic rings. The molecule has 31 heavy (non-hydrogen) atoms. The van der Waals surface area contributed by atoms with Crippen molar-refractivity contribution in [2.24, 2.45) is 0 Å². The van der Waals surface area contributed by atoms with E-state index in [2.05, 4.69) is 12.2 Å². The third kappa shape index (κ3) is 25.3. The molecule has 0 aromatic heterocycles. The summed E-state index contributed by atoms with van der Waals surface area (Å²) >= 11 is 0. The smallest absolute Gasteiger partial charge is 0.407 e. The third-order valence-corrected chi connectivity index (χ3v) is 5.54. The maximum atomic E-state index is 11.7. The molecule has 0 fully saturated rings. The van der Waals surface area contributed by atoms with Crippen molar-refractivity contribution in [2.45, 2.75) is 130 Å². The number of carbonyl (C=O) groups is 1.